The van der Waals surface area contributed by atoms with Crippen LogP contribution in [0.5, 0.6) is 0 Å². The molecule has 1 aliphatic carbocycles. The van der Waals surface area contributed by atoms with E-state index < -0.39 is 17.8 Å². The fourth-order valence-corrected chi connectivity index (χ4v) is 4.54. The maximum atomic E-state index is 13.1. The second-order valence-corrected chi connectivity index (χ2v) is 9.01. The predicted octanol–water partition coefficient (Wildman–Crippen LogP) is 3.96. The maximum Gasteiger partial charge on any atom is 0.338 e. The fraction of sp³-hybridized carbons (Fsp3) is 0.385. The van der Waals surface area contributed by atoms with Crippen LogP contribution in [0.2, 0.25) is 0 Å². The zero-order valence-corrected chi connectivity index (χ0v) is 19.1. The number of rotatable bonds is 5. The first kappa shape index (κ1) is 22.7. The Morgan fingerprint density at radius 1 is 1.00 bits per heavy atom. The standard InChI is InChI=1S/C26H28N2O5/c1-15-8-9-17(3)22(12-15)28-24(30)19-11-10-18(13-20(19)25(28)31)26(32)33-14-23(29)27-21-7-5-4-6-16(21)2/h8-13,16,21H,4-7,14H2,1-3H3,(H,27,29)/t16-,21-/m1/s1. The van der Waals surface area contributed by atoms with E-state index in [0.717, 1.165) is 35.3 Å². The van der Waals surface area contributed by atoms with Gasteiger partial charge in [-0.15, -0.1) is 0 Å². The molecule has 0 aromatic heterocycles. The van der Waals surface area contributed by atoms with Crippen molar-refractivity contribution >= 4 is 29.4 Å². The van der Waals surface area contributed by atoms with Gasteiger partial charge in [0, 0.05) is 6.04 Å². The molecule has 2 aromatic carbocycles. The first-order valence-electron chi connectivity index (χ1n) is 11.3. The number of esters is 1. The molecule has 0 unspecified atom stereocenters. The van der Waals surface area contributed by atoms with Crippen LogP contribution in [0.1, 0.15) is 74.8 Å². The summed E-state index contributed by atoms with van der Waals surface area (Å²) in [7, 11) is 0. The van der Waals surface area contributed by atoms with Crippen molar-refractivity contribution in [3.63, 3.8) is 0 Å². The lowest BCUT2D eigenvalue weighted by molar-refractivity contribution is -0.125. The third-order valence-corrected chi connectivity index (χ3v) is 6.52. The Labute approximate surface area is 193 Å². The van der Waals surface area contributed by atoms with Crippen molar-refractivity contribution < 1.29 is 23.9 Å². The number of anilines is 1. The van der Waals surface area contributed by atoms with Crippen LogP contribution < -0.4 is 10.2 Å². The van der Waals surface area contributed by atoms with E-state index in [1.165, 1.54) is 24.6 Å². The van der Waals surface area contributed by atoms with Gasteiger partial charge < -0.3 is 10.1 Å². The molecule has 4 rings (SSSR count). The topological polar surface area (TPSA) is 92.8 Å². The van der Waals surface area contributed by atoms with Gasteiger partial charge in [-0.3, -0.25) is 14.4 Å². The number of carbonyl (C=O) groups excluding carboxylic acids is 4. The van der Waals surface area contributed by atoms with Gasteiger partial charge in [0.1, 0.15) is 0 Å². The van der Waals surface area contributed by atoms with Crippen molar-refractivity contribution in [3.8, 4) is 0 Å². The van der Waals surface area contributed by atoms with Crippen molar-refractivity contribution in [2.45, 2.75) is 52.5 Å². The van der Waals surface area contributed by atoms with Crippen LogP contribution in [0.25, 0.3) is 0 Å². The van der Waals surface area contributed by atoms with Gasteiger partial charge in [-0.25, -0.2) is 9.69 Å². The summed E-state index contributed by atoms with van der Waals surface area (Å²) in [5.74, 6) is -1.56. The summed E-state index contributed by atoms with van der Waals surface area (Å²) in [5, 5.41) is 2.94. The van der Waals surface area contributed by atoms with Crippen LogP contribution in [-0.4, -0.2) is 36.3 Å². The predicted molar refractivity (Wildman–Crippen MR) is 123 cm³/mol. The van der Waals surface area contributed by atoms with E-state index in [4.69, 9.17) is 4.74 Å². The second kappa shape index (κ2) is 9.17. The molecule has 1 N–H and O–H groups in total. The summed E-state index contributed by atoms with van der Waals surface area (Å²) in [6, 6.07) is 9.93. The van der Waals surface area contributed by atoms with Crippen molar-refractivity contribution in [3.05, 3.63) is 64.2 Å². The molecule has 7 heteroatoms. The van der Waals surface area contributed by atoms with Gasteiger partial charge in [-0.1, -0.05) is 31.9 Å². The summed E-state index contributed by atoms with van der Waals surface area (Å²) in [6.45, 7) is 5.45. The van der Waals surface area contributed by atoms with Crippen molar-refractivity contribution in [1.29, 1.82) is 0 Å². The Hall–Kier alpha value is -3.48. The Balaban J connectivity index is 1.45. The van der Waals surface area contributed by atoms with E-state index in [1.807, 2.05) is 26.0 Å². The lowest BCUT2D eigenvalue weighted by Crippen LogP contribution is -2.42. The quantitative estimate of drug-likeness (QED) is 0.552. The highest BCUT2D eigenvalue weighted by atomic mass is 16.5. The number of hydrogen-bond acceptors (Lipinski definition) is 5. The van der Waals surface area contributed by atoms with Gasteiger partial charge >= 0.3 is 5.97 Å². The van der Waals surface area contributed by atoms with E-state index >= 15 is 0 Å². The number of hydrogen-bond donors (Lipinski definition) is 1. The van der Waals surface area contributed by atoms with Crippen LogP contribution in [0.15, 0.2) is 36.4 Å². The molecule has 7 nitrogen and oxygen atoms in total. The average Bonchev–Trinajstić information content (AvgIpc) is 3.05. The zero-order chi connectivity index (χ0) is 23.7. The monoisotopic (exact) mass is 448 g/mol. The average molecular weight is 449 g/mol. The van der Waals surface area contributed by atoms with E-state index in [0.29, 0.717) is 11.6 Å². The molecular formula is C26H28N2O5. The molecule has 3 amide bonds. The summed E-state index contributed by atoms with van der Waals surface area (Å²) in [4.78, 5) is 51.9. The molecule has 0 spiro atoms. The van der Waals surface area contributed by atoms with E-state index in [-0.39, 0.29) is 35.2 Å². The van der Waals surface area contributed by atoms with E-state index in [2.05, 4.69) is 12.2 Å². The Kier molecular flexibility index (Phi) is 6.31. The van der Waals surface area contributed by atoms with Crippen LogP contribution >= 0.6 is 0 Å². The lowest BCUT2D eigenvalue weighted by Gasteiger charge is -2.29. The molecule has 172 valence electrons. The lowest BCUT2D eigenvalue weighted by atomic mass is 9.86. The van der Waals surface area contributed by atoms with Gasteiger partial charge in [0.15, 0.2) is 6.61 Å². The number of nitrogens with one attached hydrogen (secondary N) is 1. The van der Waals surface area contributed by atoms with Crippen LogP contribution in [-0.2, 0) is 9.53 Å². The summed E-state index contributed by atoms with van der Waals surface area (Å²) >= 11 is 0. The number of carbonyl (C=O) groups is 4. The van der Waals surface area contributed by atoms with E-state index in [9.17, 15) is 19.2 Å². The summed E-state index contributed by atoms with van der Waals surface area (Å²) < 4.78 is 5.17. The number of ether oxygens (including phenoxy) is 1. The van der Waals surface area contributed by atoms with Crippen molar-refractivity contribution in [2.24, 2.45) is 5.92 Å². The number of fused-ring (bicyclic) bond motifs is 1. The highest BCUT2D eigenvalue weighted by Gasteiger charge is 2.38. The highest BCUT2D eigenvalue weighted by Crippen LogP contribution is 2.32. The van der Waals surface area contributed by atoms with Gasteiger partial charge in [-0.2, -0.15) is 0 Å². The number of nitrogens with zero attached hydrogens (tertiary/aromatic N) is 1. The zero-order valence-electron chi connectivity index (χ0n) is 19.1. The van der Waals surface area contributed by atoms with Crippen molar-refractivity contribution in [2.75, 3.05) is 11.5 Å². The molecule has 0 radical (unpaired) electrons. The molecule has 0 bridgehead atoms. The summed E-state index contributed by atoms with van der Waals surface area (Å²) in [5.41, 5.74) is 2.76. The number of imide groups is 1. The fourth-order valence-electron chi connectivity index (χ4n) is 4.54. The molecule has 2 aliphatic rings. The van der Waals surface area contributed by atoms with Crippen LogP contribution in [0.4, 0.5) is 5.69 Å². The smallest absolute Gasteiger partial charge is 0.338 e. The SMILES string of the molecule is Cc1ccc(C)c(N2C(=O)c3ccc(C(=O)OCC(=O)N[C@@H]4CCCC[C@H]4C)cc3C2=O)c1. The largest absolute Gasteiger partial charge is 0.452 e. The molecule has 33 heavy (non-hydrogen) atoms. The molecule has 1 aliphatic heterocycles. The highest BCUT2D eigenvalue weighted by molar-refractivity contribution is 6.35. The third kappa shape index (κ3) is 4.53. The Bertz CT molecular complexity index is 1140. The number of amides is 3. The van der Waals surface area contributed by atoms with Crippen LogP contribution in [0.3, 0.4) is 0 Å². The van der Waals surface area contributed by atoms with Gasteiger partial charge in [-0.05, 0) is 68.0 Å². The maximum absolute atomic E-state index is 13.1. The third-order valence-electron chi connectivity index (χ3n) is 6.52. The Morgan fingerprint density at radius 3 is 2.48 bits per heavy atom. The molecule has 2 aromatic rings. The minimum absolute atomic E-state index is 0.102. The molecule has 0 saturated heterocycles. The van der Waals surface area contributed by atoms with Gasteiger partial charge in [0.05, 0.1) is 22.4 Å². The first-order chi connectivity index (χ1) is 15.8. The van der Waals surface area contributed by atoms with Crippen LogP contribution in [0, 0.1) is 19.8 Å². The molecule has 1 saturated carbocycles. The first-order valence-corrected chi connectivity index (χ1v) is 11.3. The molecular weight excluding hydrogens is 420 g/mol. The minimum atomic E-state index is -0.713. The minimum Gasteiger partial charge on any atom is -0.452 e. The van der Waals surface area contributed by atoms with E-state index in [1.54, 1.807) is 6.07 Å². The number of benzene rings is 2. The van der Waals surface area contributed by atoms with Gasteiger partial charge in [0.25, 0.3) is 17.7 Å². The number of aryl methyl sites for hydroxylation is 2. The summed E-state index contributed by atoms with van der Waals surface area (Å²) in [6.07, 6.45) is 4.25. The van der Waals surface area contributed by atoms with Gasteiger partial charge in [0.2, 0.25) is 0 Å². The second-order valence-electron chi connectivity index (χ2n) is 9.01. The normalized spacial score (nSPS) is 19.9. The Morgan fingerprint density at radius 2 is 1.73 bits per heavy atom. The molecule has 1 fully saturated rings. The molecule has 2 atom stereocenters. The van der Waals surface area contributed by atoms with Crippen molar-refractivity contribution in [1.82, 2.24) is 5.32 Å². The molecule has 1 heterocycles.